The fourth-order valence-corrected chi connectivity index (χ4v) is 6.39. The number of hydrogen-bond donors (Lipinski definition) is 8. The van der Waals surface area contributed by atoms with E-state index >= 15 is 0 Å². The first-order valence-electron chi connectivity index (χ1n) is 17.4. The minimum atomic E-state index is -1.69. The number of aromatic nitrogens is 3. The summed E-state index contributed by atoms with van der Waals surface area (Å²) in [4.78, 5) is 25.8. The van der Waals surface area contributed by atoms with E-state index in [1.54, 1.807) is 0 Å². The smallest absolute Gasteiger partial charge is 0.249 e. The fourth-order valence-electron chi connectivity index (χ4n) is 5.41. The lowest BCUT2D eigenvalue weighted by atomic mass is 9.99. The van der Waals surface area contributed by atoms with Crippen LogP contribution in [0.25, 0.3) is 0 Å². The van der Waals surface area contributed by atoms with Gasteiger partial charge in [-0.15, -0.1) is 5.10 Å². The number of nitrogens with one attached hydrogen (secondary N) is 2. The van der Waals surface area contributed by atoms with Gasteiger partial charge in [-0.1, -0.05) is 102 Å². The molecule has 1 saturated heterocycles. The number of unbranched alkanes of at least 4 members (excludes halogenated alkanes) is 14. The zero-order chi connectivity index (χ0) is 34.4. The van der Waals surface area contributed by atoms with E-state index in [0.29, 0.717) is 0 Å². The number of aliphatic hydroxyl groups excluding tert-OH is 6. The average molecular weight is 690 g/mol. The molecule has 1 fully saturated rings. The molecule has 1 aliphatic rings. The maximum atomic E-state index is 13.1. The number of carbonyl (C=O) groups is 2. The van der Waals surface area contributed by atoms with Crippen molar-refractivity contribution < 1.29 is 45.0 Å². The van der Waals surface area contributed by atoms with Crippen molar-refractivity contribution in [2.75, 3.05) is 23.4 Å². The highest BCUT2D eigenvalue weighted by Gasteiger charge is 2.43. The number of amides is 2. The van der Waals surface area contributed by atoms with Crippen molar-refractivity contribution in [1.82, 2.24) is 20.3 Å². The van der Waals surface area contributed by atoms with Crippen molar-refractivity contribution in [3.63, 3.8) is 0 Å². The summed E-state index contributed by atoms with van der Waals surface area (Å²) in [5, 5.41) is 71.4. The van der Waals surface area contributed by atoms with Crippen LogP contribution in [0.15, 0.2) is 6.20 Å². The van der Waals surface area contributed by atoms with E-state index in [9.17, 15) is 35.1 Å². The molecule has 47 heavy (non-hydrogen) atoms. The topological polar surface area (TPSA) is 220 Å². The number of aliphatic hydroxyl groups is 6. The molecule has 8 N–H and O–H groups in total. The van der Waals surface area contributed by atoms with Crippen molar-refractivity contribution >= 4 is 29.4 Å². The van der Waals surface area contributed by atoms with Crippen LogP contribution in [0.2, 0.25) is 0 Å². The van der Waals surface area contributed by atoms with Crippen LogP contribution in [-0.2, 0) is 20.9 Å². The zero-order valence-electron chi connectivity index (χ0n) is 27.9. The Morgan fingerprint density at radius 3 is 2.02 bits per heavy atom. The van der Waals surface area contributed by atoms with Crippen LogP contribution in [0, 0.1) is 0 Å². The molecule has 7 atom stereocenters. The lowest BCUT2D eigenvalue weighted by molar-refractivity contribution is -0.284. The molecule has 2 amide bonds. The molecular formula is C32H59N5O9S. The van der Waals surface area contributed by atoms with E-state index in [2.05, 4.69) is 27.9 Å². The van der Waals surface area contributed by atoms with Crippen LogP contribution in [-0.4, -0.2) is 118 Å². The molecule has 0 bridgehead atoms. The fraction of sp³-hybridized carbons (Fsp3) is 0.875. The Bertz CT molecular complexity index is 991. The van der Waals surface area contributed by atoms with E-state index in [4.69, 9.17) is 9.84 Å². The Morgan fingerprint density at radius 2 is 1.45 bits per heavy atom. The maximum absolute atomic E-state index is 13.1. The number of ether oxygens (including phenoxy) is 1. The minimum Gasteiger partial charge on any atom is -0.394 e. The van der Waals surface area contributed by atoms with Crippen molar-refractivity contribution in [2.45, 2.75) is 159 Å². The second kappa shape index (κ2) is 24.3. The Labute approximate surface area is 283 Å². The first kappa shape index (κ1) is 41.3. The lowest BCUT2D eigenvalue weighted by Gasteiger charge is -2.38. The SMILES string of the molecule is CCCCCCCCCCCCCCCCCC(=O)N[C@H](CSC[C@H](O)CO)C(=O)Nc1cn(CC2OC(O)C(O)C(O)C2O)nn1. The highest BCUT2D eigenvalue weighted by Crippen LogP contribution is 2.21. The van der Waals surface area contributed by atoms with Gasteiger partial charge in [-0.25, -0.2) is 4.68 Å². The van der Waals surface area contributed by atoms with Crippen molar-refractivity contribution in [3.05, 3.63) is 6.20 Å². The third-order valence-electron chi connectivity index (χ3n) is 8.31. The standard InChI is InChI=1S/C32H59N5O9S/c1-2-3-4-5-6-7-8-9-10-11-12-13-14-15-16-17-27(40)33-24(22-47-21-23(39)20-38)31(44)34-26-19-37(36-35-26)18-25-28(41)29(42)30(43)32(45)46-25/h19,23-25,28-30,32,38-39,41-43,45H,2-18,20-22H2,1H3,(H,33,40)(H,34,44)/t23-,24-,25?,28?,29?,30?,32?/m1/s1. The van der Waals surface area contributed by atoms with E-state index in [0.717, 1.165) is 25.7 Å². The first-order chi connectivity index (χ1) is 22.7. The number of thioether (sulfide) groups is 1. The molecule has 5 unspecified atom stereocenters. The van der Waals surface area contributed by atoms with Gasteiger partial charge in [0.2, 0.25) is 11.8 Å². The molecule has 1 aromatic heterocycles. The molecule has 14 nitrogen and oxygen atoms in total. The zero-order valence-corrected chi connectivity index (χ0v) is 28.7. The quantitative estimate of drug-likeness (QED) is 0.0654. The van der Waals surface area contributed by atoms with Gasteiger partial charge in [-0.2, -0.15) is 11.8 Å². The molecule has 0 saturated carbocycles. The third-order valence-corrected chi connectivity index (χ3v) is 9.50. The van der Waals surface area contributed by atoms with Gasteiger partial charge in [0, 0.05) is 17.9 Å². The van der Waals surface area contributed by atoms with Crippen molar-refractivity contribution in [2.24, 2.45) is 0 Å². The second-order valence-electron chi connectivity index (χ2n) is 12.5. The van der Waals surface area contributed by atoms with Gasteiger partial charge in [0.05, 0.1) is 25.5 Å². The Morgan fingerprint density at radius 1 is 0.872 bits per heavy atom. The summed E-state index contributed by atoms with van der Waals surface area (Å²) in [6, 6.07) is -0.935. The molecule has 272 valence electrons. The molecule has 0 spiro atoms. The Kier molecular flexibility index (Phi) is 21.4. The minimum absolute atomic E-state index is 0.0588. The van der Waals surface area contributed by atoms with Crippen molar-refractivity contribution in [1.29, 1.82) is 0 Å². The van der Waals surface area contributed by atoms with Gasteiger partial charge in [-0.3, -0.25) is 9.59 Å². The molecule has 15 heteroatoms. The van der Waals surface area contributed by atoms with Crippen LogP contribution in [0.3, 0.4) is 0 Å². The van der Waals surface area contributed by atoms with E-state index in [1.807, 2.05) is 0 Å². The Hall–Kier alpha value is -1.85. The Balaban J connectivity index is 1.70. The number of hydrogen-bond acceptors (Lipinski definition) is 12. The number of anilines is 1. The molecule has 1 aromatic rings. The molecule has 0 aliphatic carbocycles. The largest absolute Gasteiger partial charge is 0.394 e. The molecule has 0 aromatic carbocycles. The highest BCUT2D eigenvalue weighted by atomic mass is 32.2. The summed E-state index contributed by atoms with van der Waals surface area (Å²) >= 11 is 1.21. The maximum Gasteiger partial charge on any atom is 0.249 e. The summed E-state index contributed by atoms with van der Waals surface area (Å²) in [7, 11) is 0. The summed E-state index contributed by atoms with van der Waals surface area (Å²) in [6.07, 6.45) is 11.6. The molecular weight excluding hydrogens is 630 g/mol. The van der Waals surface area contributed by atoms with Gasteiger partial charge in [0.1, 0.15) is 30.5 Å². The van der Waals surface area contributed by atoms with Crippen LogP contribution in [0.1, 0.15) is 110 Å². The van der Waals surface area contributed by atoms with Gasteiger partial charge in [0.25, 0.3) is 0 Å². The van der Waals surface area contributed by atoms with Crippen LogP contribution >= 0.6 is 11.8 Å². The summed E-state index contributed by atoms with van der Waals surface area (Å²) < 4.78 is 6.39. The lowest BCUT2D eigenvalue weighted by Crippen LogP contribution is -2.58. The monoisotopic (exact) mass is 689 g/mol. The van der Waals surface area contributed by atoms with Gasteiger partial charge < -0.3 is 46.0 Å². The molecule has 1 aliphatic heterocycles. The van der Waals surface area contributed by atoms with E-state index < -0.39 is 55.4 Å². The van der Waals surface area contributed by atoms with Gasteiger partial charge >= 0.3 is 0 Å². The third kappa shape index (κ3) is 16.9. The predicted molar refractivity (Wildman–Crippen MR) is 179 cm³/mol. The molecule has 2 rings (SSSR count). The summed E-state index contributed by atoms with van der Waals surface area (Å²) in [5.74, 6) is -0.405. The molecule has 0 radical (unpaired) electrons. The van der Waals surface area contributed by atoms with Crippen LogP contribution < -0.4 is 10.6 Å². The number of carbonyl (C=O) groups excluding carboxylic acids is 2. The summed E-state index contributed by atoms with van der Waals surface area (Å²) in [6.45, 7) is 1.69. The molecule has 2 heterocycles. The normalized spacial score (nSPS) is 22.6. The summed E-state index contributed by atoms with van der Waals surface area (Å²) in [5.41, 5.74) is 0. The first-order valence-corrected chi connectivity index (χ1v) is 18.6. The second-order valence-corrected chi connectivity index (χ2v) is 13.6. The van der Waals surface area contributed by atoms with Gasteiger partial charge in [0.15, 0.2) is 12.1 Å². The average Bonchev–Trinajstić information content (AvgIpc) is 3.50. The van der Waals surface area contributed by atoms with Crippen LogP contribution in [0.4, 0.5) is 5.82 Å². The highest BCUT2D eigenvalue weighted by molar-refractivity contribution is 7.99. The van der Waals surface area contributed by atoms with E-state index in [-0.39, 0.29) is 36.2 Å². The van der Waals surface area contributed by atoms with E-state index in [1.165, 1.54) is 93.3 Å². The van der Waals surface area contributed by atoms with Crippen molar-refractivity contribution in [3.8, 4) is 0 Å². The van der Waals surface area contributed by atoms with Crippen LogP contribution in [0.5, 0.6) is 0 Å². The predicted octanol–water partition coefficient (Wildman–Crippen LogP) is 1.85. The van der Waals surface area contributed by atoms with Gasteiger partial charge in [-0.05, 0) is 6.42 Å². The number of nitrogens with zero attached hydrogens (tertiary/aromatic N) is 3. The number of rotatable bonds is 26.